The Balaban J connectivity index is 1.69. The number of carbonyl (C=O) groups excluding carboxylic acids is 2. The van der Waals surface area contributed by atoms with E-state index in [0.29, 0.717) is 11.4 Å². The molecule has 0 saturated carbocycles. The van der Waals surface area contributed by atoms with Crippen molar-refractivity contribution < 1.29 is 31.9 Å². The van der Waals surface area contributed by atoms with Gasteiger partial charge in [0, 0.05) is 16.9 Å². The fourth-order valence-corrected chi connectivity index (χ4v) is 2.52. The molecule has 0 aromatic heterocycles. The molecular formula is C21H14F4N2O3. The predicted octanol–water partition coefficient (Wildman–Crippen LogP) is 4.76. The Morgan fingerprint density at radius 2 is 1.27 bits per heavy atom. The number of ether oxygens (including phenoxy) is 1. The molecule has 9 heteroatoms. The summed E-state index contributed by atoms with van der Waals surface area (Å²) in [6.45, 7) is 0. The van der Waals surface area contributed by atoms with Crippen LogP contribution in [0.2, 0.25) is 0 Å². The molecule has 0 fully saturated rings. The summed E-state index contributed by atoms with van der Waals surface area (Å²) in [7, 11) is 1.52. The van der Waals surface area contributed by atoms with Crippen molar-refractivity contribution in [2.45, 2.75) is 0 Å². The van der Waals surface area contributed by atoms with Gasteiger partial charge < -0.3 is 15.4 Å². The van der Waals surface area contributed by atoms with Gasteiger partial charge in [0.1, 0.15) is 5.75 Å². The fourth-order valence-electron chi connectivity index (χ4n) is 2.52. The number of methoxy groups -OCH3 is 1. The van der Waals surface area contributed by atoms with E-state index in [1.165, 1.54) is 31.4 Å². The molecule has 0 aliphatic heterocycles. The molecule has 0 spiro atoms. The summed E-state index contributed by atoms with van der Waals surface area (Å²) in [5.41, 5.74) is -0.0684. The van der Waals surface area contributed by atoms with Gasteiger partial charge in [-0.3, -0.25) is 9.59 Å². The lowest BCUT2D eigenvalue weighted by Crippen LogP contribution is -2.16. The Kier molecular flexibility index (Phi) is 6.01. The number of nitrogens with one attached hydrogen (secondary N) is 2. The molecule has 2 amide bonds. The quantitative estimate of drug-likeness (QED) is 0.357. The number of rotatable bonds is 5. The standard InChI is InChI=1S/C21H14F4N2O3/c1-30-14-8-6-13(7-9-14)26-20(28)11-2-4-12(5-3-11)27-21(29)15-10-16(22)18(24)19(25)17(15)23/h2-10H,1H3,(H,26,28)(H,27,29). The highest BCUT2D eigenvalue weighted by molar-refractivity contribution is 6.06. The van der Waals surface area contributed by atoms with Crippen molar-refractivity contribution >= 4 is 23.2 Å². The van der Waals surface area contributed by atoms with Crippen LogP contribution < -0.4 is 15.4 Å². The Morgan fingerprint density at radius 1 is 0.733 bits per heavy atom. The highest BCUT2D eigenvalue weighted by Gasteiger charge is 2.23. The second kappa shape index (κ2) is 8.64. The van der Waals surface area contributed by atoms with Gasteiger partial charge in [0.25, 0.3) is 11.8 Å². The molecule has 2 N–H and O–H groups in total. The third-order valence-electron chi connectivity index (χ3n) is 4.10. The lowest BCUT2D eigenvalue weighted by Gasteiger charge is -2.09. The zero-order valence-electron chi connectivity index (χ0n) is 15.4. The number of hydrogen-bond acceptors (Lipinski definition) is 3. The van der Waals surface area contributed by atoms with Crippen molar-refractivity contribution in [2.75, 3.05) is 17.7 Å². The number of amides is 2. The topological polar surface area (TPSA) is 67.4 Å². The third-order valence-corrected chi connectivity index (χ3v) is 4.10. The van der Waals surface area contributed by atoms with Gasteiger partial charge in [-0.1, -0.05) is 0 Å². The first kappa shape index (κ1) is 20.8. The van der Waals surface area contributed by atoms with Crippen molar-refractivity contribution in [3.05, 3.63) is 89.0 Å². The second-order valence-corrected chi connectivity index (χ2v) is 6.06. The molecule has 0 bridgehead atoms. The molecule has 5 nitrogen and oxygen atoms in total. The molecule has 30 heavy (non-hydrogen) atoms. The smallest absolute Gasteiger partial charge is 0.258 e. The Labute approximate surface area is 168 Å². The largest absolute Gasteiger partial charge is 0.497 e. The minimum atomic E-state index is -2.08. The number of hydrogen-bond donors (Lipinski definition) is 2. The number of halogens is 4. The van der Waals surface area contributed by atoms with E-state index in [-0.39, 0.29) is 17.3 Å². The van der Waals surface area contributed by atoms with E-state index in [4.69, 9.17) is 4.74 Å². The molecule has 0 atom stereocenters. The Hall–Kier alpha value is -3.88. The molecule has 0 unspecified atom stereocenters. The van der Waals surface area contributed by atoms with Crippen molar-refractivity contribution in [1.29, 1.82) is 0 Å². The minimum Gasteiger partial charge on any atom is -0.497 e. The second-order valence-electron chi connectivity index (χ2n) is 6.06. The van der Waals surface area contributed by atoms with Gasteiger partial charge in [-0.05, 0) is 54.6 Å². The van der Waals surface area contributed by atoms with Gasteiger partial charge in [-0.2, -0.15) is 0 Å². The summed E-state index contributed by atoms with van der Waals surface area (Å²) in [6.07, 6.45) is 0. The first-order chi connectivity index (χ1) is 14.3. The van der Waals surface area contributed by atoms with Crippen LogP contribution in [-0.4, -0.2) is 18.9 Å². The highest BCUT2D eigenvalue weighted by Crippen LogP contribution is 2.21. The van der Waals surface area contributed by atoms with Crippen LogP contribution >= 0.6 is 0 Å². The van der Waals surface area contributed by atoms with E-state index in [0.717, 1.165) is 0 Å². The predicted molar refractivity (Wildman–Crippen MR) is 102 cm³/mol. The van der Waals surface area contributed by atoms with E-state index in [1.807, 2.05) is 0 Å². The van der Waals surface area contributed by atoms with Crippen LogP contribution in [-0.2, 0) is 0 Å². The van der Waals surface area contributed by atoms with Gasteiger partial charge >= 0.3 is 0 Å². The first-order valence-corrected chi connectivity index (χ1v) is 8.50. The normalized spacial score (nSPS) is 10.4. The number of benzene rings is 3. The molecule has 0 heterocycles. The summed E-state index contributed by atoms with van der Waals surface area (Å²) >= 11 is 0. The maximum Gasteiger partial charge on any atom is 0.258 e. The van der Waals surface area contributed by atoms with Crippen molar-refractivity contribution in [1.82, 2.24) is 0 Å². The lowest BCUT2D eigenvalue weighted by molar-refractivity contribution is 0.101. The molecule has 3 rings (SSSR count). The Morgan fingerprint density at radius 3 is 1.83 bits per heavy atom. The van der Waals surface area contributed by atoms with E-state index >= 15 is 0 Å². The maximum absolute atomic E-state index is 13.7. The summed E-state index contributed by atoms with van der Waals surface area (Å²) < 4.78 is 58.3. The van der Waals surface area contributed by atoms with Crippen LogP contribution in [0.25, 0.3) is 0 Å². The molecule has 154 valence electrons. The van der Waals surface area contributed by atoms with Gasteiger partial charge in [0.2, 0.25) is 0 Å². The molecule has 0 saturated heterocycles. The summed E-state index contributed by atoms with van der Waals surface area (Å²) in [5.74, 6) is -8.55. The average Bonchev–Trinajstić information content (AvgIpc) is 2.75. The number of carbonyl (C=O) groups is 2. The van der Waals surface area contributed by atoms with E-state index in [2.05, 4.69) is 10.6 Å². The van der Waals surface area contributed by atoms with Gasteiger partial charge in [-0.25, -0.2) is 17.6 Å². The van der Waals surface area contributed by atoms with Crippen LogP contribution in [0.4, 0.5) is 28.9 Å². The fraction of sp³-hybridized carbons (Fsp3) is 0.0476. The summed E-state index contributed by atoms with van der Waals surface area (Å²) in [5, 5.41) is 4.89. The lowest BCUT2D eigenvalue weighted by atomic mass is 10.1. The Bertz CT molecular complexity index is 1100. The van der Waals surface area contributed by atoms with Crippen LogP contribution in [0.15, 0.2) is 54.6 Å². The maximum atomic E-state index is 13.7. The monoisotopic (exact) mass is 418 g/mol. The molecular weight excluding hydrogens is 404 g/mol. The number of anilines is 2. The van der Waals surface area contributed by atoms with Crippen LogP contribution in [0.5, 0.6) is 5.75 Å². The first-order valence-electron chi connectivity index (χ1n) is 8.50. The molecule has 0 aliphatic carbocycles. The molecule has 3 aromatic carbocycles. The highest BCUT2D eigenvalue weighted by atomic mass is 19.2. The van der Waals surface area contributed by atoms with Gasteiger partial charge in [-0.15, -0.1) is 0 Å². The van der Waals surface area contributed by atoms with Gasteiger partial charge in [0.05, 0.1) is 12.7 Å². The van der Waals surface area contributed by atoms with Crippen LogP contribution in [0.1, 0.15) is 20.7 Å². The molecule has 0 radical (unpaired) electrons. The summed E-state index contributed by atoms with van der Waals surface area (Å²) in [6, 6.07) is 12.4. The van der Waals surface area contributed by atoms with Gasteiger partial charge in [0.15, 0.2) is 23.3 Å². The summed E-state index contributed by atoms with van der Waals surface area (Å²) in [4.78, 5) is 24.3. The van der Waals surface area contributed by atoms with E-state index in [9.17, 15) is 27.2 Å². The average molecular weight is 418 g/mol. The molecule has 3 aromatic rings. The minimum absolute atomic E-state index is 0.130. The van der Waals surface area contributed by atoms with E-state index < -0.39 is 40.6 Å². The van der Waals surface area contributed by atoms with Crippen LogP contribution in [0, 0.1) is 23.3 Å². The van der Waals surface area contributed by atoms with E-state index in [1.54, 1.807) is 24.3 Å². The van der Waals surface area contributed by atoms with Crippen molar-refractivity contribution in [3.63, 3.8) is 0 Å². The van der Waals surface area contributed by atoms with Crippen molar-refractivity contribution in [3.8, 4) is 5.75 Å². The molecule has 0 aliphatic rings. The zero-order valence-corrected chi connectivity index (χ0v) is 15.4. The van der Waals surface area contributed by atoms with Crippen molar-refractivity contribution in [2.24, 2.45) is 0 Å². The third kappa shape index (κ3) is 4.40. The van der Waals surface area contributed by atoms with Crippen LogP contribution in [0.3, 0.4) is 0 Å². The SMILES string of the molecule is COc1ccc(NC(=O)c2ccc(NC(=O)c3cc(F)c(F)c(F)c3F)cc2)cc1. The zero-order chi connectivity index (χ0) is 21.8.